The summed E-state index contributed by atoms with van der Waals surface area (Å²) in [4.78, 5) is 2.17. The van der Waals surface area contributed by atoms with Gasteiger partial charge >= 0.3 is 0 Å². The number of anilines is 1. The largest absolute Gasteiger partial charge is 0.395 e. The van der Waals surface area contributed by atoms with Gasteiger partial charge in [0.25, 0.3) is 0 Å². The molecule has 2 N–H and O–H groups in total. The van der Waals surface area contributed by atoms with Gasteiger partial charge in [-0.15, -0.1) is 0 Å². The average molecular weight is 268 g/mol. The predicted octanol–water partition coefficient (Wildman–Crippen LogP) is 2.39. The maximum absolute atomic E-state index is 13.4. The second kappa shape index (κ2) is 8.12. The number of nitrogens with one attached hydrogen (secondary N) is 1. The van der Waals surface area contributed by atoms with Gasteiger partial charge in [-0.2, -0.15) is 0 Å². The highest BCUT2D eigenvalue weighted by molar-refractivity contribution is 5.53. The van der Waals surface area contributed by atoms with Crippen LogP contribution in [0, 0.1) is 11.7 Å². The van der Waals surface area contributed by atoms with Crippen LogP contribution in [0.5, 0.6) is 0 Å². The summed E-state index contributed by atoms with van der Waals surface area (Å²) in [7, 11) is 2.04. The zero-order valence-electron chi connectivity index (χ0n) is 12.1. The molecule has 0 aliphatic heterocycles. The van der Waals surface area contributed by atoms with Crippen LogP contribution in [0.1, 0.15) is 25.8 Å². The van der Waals surface area contributed by atoms with E-state index in [2.05, 4.69) is 24.1 Å². The Kier molecular flexibility index (Phi) is 6.81. The van der Waals surface area contributed by atoms with Crippen LogP contribution >= 0.6 is 0 Å². The molecule has 0 fully saturated rings. The van der Waals surface area contributed by atoms with Crippen molar-refractivity contribution in [2.75, 3.05) is 31.6 Å². The zero-order valence-corrected chi connectivity index (χ0v) is 12.1. The third kappa shape index (κ3) is 5.17. The molecule has 0 amide bonds. The maximum atomic E-state index is 13.4. The minimum Gasteiger partial charge on any atom is -0.395 e. The lowest BCUT2D eigenvalue weighted by molar-refractivity contribution is 0.292. The predicted molar refractivity (Wildman–Crippen MR) is 77.9 cm³/mol. The fraction of sp³-hybridized carbons (Fsp3) is 0.600. The minimum atomic E-state index is -0.221. The molecule has 0 aromatic heterocycles. The van der Waals surface area contributed by atoms with Gasteiger partial charge in [0.1, 0.15) is 5.82 Å². The molecule has 0 saturated carbocycles. The van der Waals surface area contributed by atoms with Crippen LogP contribution in [-0.4, -0.2) is 31.9 Å². The maximum Gasteiger partial charge on any atom is 0.123 e. The van der Waals surface area contributed by atoms with E-state index >= 15 is 0 Å². The van der Waals surface area contributed by atoms with Crippen molar-refractivity contribution in [3.05, 3.63) is 29.6 Å². The molecular formula is C15H25FN2O. The van der Waals surface area contributed by atoms with Crippen molar-refractivity contribution in [1.82, 2.24) is 5.32 Å². The summed E-state index contributed by atoms with van der Waals surface area (Å²) in [6, 6.07) is 4.89. The van der Waals surface area contributed by atoms with E-state index in [1.54, 1.807) is 6.07 Å². The molecule has 1 aromatic carbocycles. The molecule has 0 aliphatic rings. The third-order valence-electron chi connectivity index (χ3n) is 3.34. The molecule has 0 heterocycles. The van der Waals surface area contributed by atoms with Gasteiger partial charge in [-0.05, 0) is 29.7 Å². The summed E-state index contributed by atoms with van der Waals surface area (Å²) >= 11 is 0. The third-order valence-corrected chi connectivity index (χ3v) is 3.34. The fourth-order valence-corrected chi connectivity index (χ4v) is 2.07. The van der Waals surface area contributed by atoms with Crippen LogP contribution < -0.4 is 10.2 Å². The molecule has 3 nitrogen and oxygen atoms in total. The number of hydrogen-bond donors (Lipinski definition) is 2. The number of hydrogen-bond acceptors (Lipinski definition) is 3. The first-order valence-corrected chi connectivity index (χ1v) is 6.89. The number of benzene rings is 1. The molecule has 1 rings (SSSR count). The molecule has 1 atom stereocenters. The van der Waals surface area contributed by atoms with E-state index in [0.29, 0.717) is 19.0 Å². The molecule has 19 heavy (non-hydrogen) atoms. The van der Waals surface area contributed by atoms with Crippen LogP contribution in [0.25, 0.3) is 0 Å². The molecule has 1 unspecified atom stereocenters. The molecule has 1 aromatic rings. The lowest BCUT2D eigenvalue weighted by Crippen LogP contribution is -2.26. The highest BCUT2D eigenvalue weighted by atomic mass is 19.1. The van der Waals surface area contributed by atoms with Gasteiger partial charge in [-0.1, -0.05) is 20.3 Å². The normalized spacial score (nSPS) is 12.5. The minimum absolute atomic E-state index is 0.0906. The van der Waals surface area contributed by atoms with E-state index in [1.165, 1.54) is 6.07 Å². The Morgan fingerprint density at radius 3 is 2.79 bits per heavy atom. The van der Waals surface area contributed by atoms with Crippen molar-refractivity contribution in [2.45, 2.75) is 26.8 Å². The number of rotatable bonds is 8. The van der Waals surface area contributed by atoms with Crippen LogP contribution in [0.2, 0.25) is 0 Å². The summed E-state index contributed by atoms with van der Waals surface area (Å²) in [5.41, 5.74) is 1.98. The van der Waals surface area contributed by atoms with Crippen LogP contribution in [0.3, 0.4) is 0 Å². The smallest absolute Gasteiger partial charge is 0.123 e. The van der Waals surface area contributed by atoms with Gasteiger partial charge in [-0.25, -0.2) is 4.39 Å². The summed E-state index contributed by atoms with van der Waals surface area (Å²) in [6.07, 6.45) is 1.13. The van der Waals surface area contributed by atoms with Crippen molar-refractivity contribution in [1.29, 1.82) is 0 Å². The lowest BCUT2D eigenvalue weighted by Gasteiger charge is -2.25. The molecule has 0 bridgehead atoms. The van der Waals surface area contributed by atoms with Crippen LogP contribution in [0.4, 0.5) is 10.1 Å². The van der Waals surface area contributed by atoms with Crippen molar-refractivity contribution in [2.24, 2.45) is 5.92 Å². The quantitative estimate of drug-likeness (QED) is 0.711. The van der Waals surface area contributed by atoms with E-state index in [4.69, 9.17) is 5.11 Å². The summed E-state index contributed by atoms with van der Waals surface area (Å²) in [6.45, 7) is 6.52. The van der Waals surface area contributed by atoms with Gasteiger partial charge in [0.2, 0.25) is 0 Å². The van der Waals surface area contributed by atoms with Gasteiger partial charge < -0.3 is 15.3 Å². The van der Waals surface area contributed by atoms with E-state index in [1.807, 2.05) is 13.1 Å². The molecule has 0 radical (unpaired) electrons. The van der Waals surface area contributed by atoms with Crippen LogP contribution in [-0.2, 0) is 6.54 Å². The number of aliphatic hydroxyl groups excluding tert-OH is 1. The van der Waals surface area contributed by atoms with E-state index in [9.17, 15) is 4.39 Å². The Morgan fingerprint density at radius 1 is 1.42 bits per heavy atom. The monoisotopic (exact) mass is 268 g/mol. The van der Waals surface area contributed by atoms with Crippen molar-refractivity contribution >= 4 is 5.69 Å². The number of halogens is 1. The Labute approximate surface area is 115 Å². The standard InChI is InChI=1S/C15H25FN2O/c1-4-12(2)11-18(3)15-6-5-14(16)9-13(15)10-17-7-8-19/h5-6,9,12,17,19H,4,7-8,10-11H2,1-3H3. The molecule has 4 heteroatoms. The first-order chi connectivity index (χ1) is 9.08. The number of aliphatic hydroxyl groups is 1. The summed E-state index contributed by atoms with van der Waals surface area (Å²) < 4.78 is 13.4. The van der Waals surface area contributed by atoms with Gasteiger partial charge in [0.15, 0.2) is 0 Å². The van der Waals surface area contributed by atoms with Crippen molar-refractivity contribution in [3.63, 3.8) is 0 Å². The first-order valence-electron chi connectivity index (χ1n) is 6.89. The second-order valence-electron chi connectivity index (χ2n) is 5.07. The Hall–Kier alpha value is -1.13. The SMILES string of the molecule is CCC(C)CN(C)c1ccc(F)cc1CNCCO. The van der Waals surface area contributed by atoms with E-state index in [-0.39, 0.29) is 12.4 Å². The van der Waals surface area contributed by atoms with Gasteiger partial charge in [0.05, 0.1) is 6.61 Å². The van der Waals surface area contributed by atoms with Gasteiger partial charge in [-0.3, -0.25) is 0 Å². The van der Waals surface area contributed by atoms with E-state index in [0.717, 1.165) is 24.2 Å². The molecule has 0 saturated heterocycles. The summed E-state index contributed by atoms with van der Waals surface area (Å²) in [5, 5.41) is 11.9. The molecule has 0 aliphatic carbocycles. The zero-order chi connectivity index (χ0) is 14.3. The fourth-order valence-electron chi connectivity index (χ4n) is 2.07. The highest BCUT2D eigenvalue weighted by Gasteiger charge is 2.11. The van der Waals surface area contributed by atoms with Crippen molar-refractivity contribution < 1.29 is 9.50 Å². The topological polar surface area (TPSA) is 35.5 Å². The summed E-state index contributed by atoms with van der Waals surface area (Å²) in [5.74, 6) is 0.384. The Morgan fingerprint density at radius 2 is 2.16 bits per heavy atom. The molecule has 108 valence electrons. The van der Waals surface area contributed by atoms with Crippen molar-refractivity contribution in [3.8, 4) is 0 Å². The van der Waals surface area contributed by atoms with E-state index < -0.39 is 0 Å². The average Bonchev–Trinajstić information content (AvgIpc) is 2.38. The Balaban J connectivity index is 2.79. The van der Waals surface area contributed by atoms with Crippen LogP contribution in [0.15, 0.2) is 18.2 Å². The highest BCUT2D eigenvalue weighted by Crippen LogP contribution is 2.22. The molecule has 0 spiro atoms. The number of nitrogens with zero attached hydrogens (tertiary/aromatic N) is 1. The molecular weight excluding hydrogens is 243 g/mol. The van der Waals surface area contributed by atoms with Gasteiger partial charge in [0, 0.05) is 32.4 Å². The first kappa shape index (κ1) is 15.9. The second-order valence-corrected chi connectivity index (χ2v) is 5.07. The Bertz CT molecular complexity index is 384. The lowest BCUT2D eigenvalue weighted by atomic mass is 10.1.